The minimum atomic E-state index is -3.63. The first-order chi connectivity index (χ1) is 17.5. The molecule has 1 aliphatic rings. The molecular weight excluding hydrogens is 518 g/mol. The average Bonchev–Trinajstić information content (AvgIpc) is 2.83. The summed E-state index contributed by atoms with van der Waals surface area (Å²) in [5, 5.41) is 3.38. The molecule has 2 aromatic carbocycles. The lowest BCUT2D eigenvalue weighted by molar-refractivity contribution is -0.140. The van der Waals surface area contributed by atoms with E-state index in [2.05, 4.69) is 5.32 Å². The highest BCUT2D eigenvalue weighted by atomic mass is 35.5. The molecule has 2 amide bonds. The maximum atomic E-state index is 13.3. The van der Waals surface area contributed by atoms with Gasteiger partial charge in [0.05, 0.1) is 11.9 Å². The zero-order valence-electron chi connectivity index (χ0n) is 21.6. The smallest absolute Gasteiger partial charge is 0.242 e. The van der Waals surface area contributed by atoms with Gasteiger partial charge in [-0.25, -0.2) is 8.42 Å². The number of anilines is 1. The monoisotopic (exact) mass is 551 g/mol. The zero-order valence-corrected chi connectivity index (χ0v) is 23.1. The SMILES string of the molecule is CC(C)NC(=O)[C@H](C)N(Cc1cccc(Cl)c1)C(=O)CCCN(c1ccc2c(c1)OCCO2)S(C)(=O)=O. The Kier molecular flexibility index (Phi) is 9.67. The van der Waals surface area contributed by atoms with Crippen LogP contribution in [0.5, 0.6) is 11.5 Å². The van der Waals surface area contributed by atoms with Gasteiger partial charge in [-0.15, -0.1) is 0 Å². The fourth-order valence-electron chi connectivity index (χ4n) is 4.01. The van der Waals surface area contributed by atoms with Crippen LogP contribution in [0, 0.1) is 0 Å². The first-order valence-corrected chi connectivity index (χ1v) is 14.4. The molecule has 0 spiro atoms. The summed E-state index contributed by atoms with van der Waals surface area (Å²) >= 11 is 6.12. The Morgan fingerprint density at radius 1 is 1.05 bits per heavy atom. The second-order valence-corrected chi connectivity index (χ2v) is 11.6. The highest BCUT2D eigenvalue weighted by Crippen LogP contribution is 2.34. The van der Waals surface area contributed by atoms with Crippen LogP contribution in [0.1, 0.15) is 39.2 Å². The van der Waals surface area contributed by atoms with Crippen LogP contribution in [0.25, 0.3) is 0 Å². The lowest BCUT2D eigenvalue weighted by Crippen LogP contribution is -2.49. The van der Waals surface area contributed by atoms with Crippen molar-refractivity contribution in [2.75, 3.05) is 30.3 Å². The molecule has 9 nitrogen and oxygen atoms in total. The fraction of sp³-hybridized carbons (Fsp3) is 0.462. The lowest BCUT2D eigenvalue weighted by Gasteiger charge is -2.30. The van der Waals surface area contributed by atoms with E-state index in [-0.39, 0.29) is 43.8 Å². The van der Waals surface area contributed by atoms with Gasteiger partial charge in [0.25, 0.3) is 0 Å². The molecule has 0 fully saturated rings. The highest BCUT2D eigenvalue weighted by Gasteiger charge is 2.27. The second-order valence-electron chi connectivity index (χ2n) is 9.26. The van der Waals surface area contributed by atoms with Crippen molar-refractivity contribution in [3.8, 4) is 11.5 Å². The molecule has 0 saturated heterocycles. The predicted octanol–water partition coefficient (Wildman–Crippen LogP) is 3.60. The zero-order chi connectivity index (χ0) is 27.2. The minimum Gasteiger partial charge on any atom is -0.486 e. The third-order valence-electron chi connectivity index (χ3n) is 5.81. The number of halogens is 1. The molecule has 1 aliphatic heterocycles. The van der Waals surface area contributed by atoms with Crippen molar-refractivity contribution in [1.82, 2.24) is 10.2 Å². The number of hydrogen-bond donors (Lipinski definition) is 1. The number of ether oxygens (including phenoxy) is 2. The molecule has 37 heavy (non-hydrogen) atoms. The van der Waals surface area contributed by atoms with E-state index >= 15 is 0 Å². The molecule has 0 radical (unpaired) electrons. The topological polar surface area (TPSA) is 105 Å². The molecule has 0 aromatic heterocycles. The molecule has 0 saturated carbocycles. The molecule has 0 bridgehead atoms. The number of hydrogen-bond acceptors (Lipinski definition) is 6. The summed E-state index contributed by atoms with van der Waals surface area (Å²) in [7, 11) is -3.63. The number of nitrogens with zero attached hydrogens (tertiary/aromatic N) is 2. The number of carbonyl (C=O) groups is 2. The van der Waals surface area contributed by atoms with Gasteiger partial charge in [-0.2, -0.15) is 0 Å². The largest absolute Gasteiger partial charge is 0.486 e. The van der Waals surface area contributed by atoms with Crippen molar-refractivity contribution in [2.45, 2.75) is 52.2 Å². The van der Waals surface area contributed by atoms with Gasteiger partial charge in [0.15, 0.2) is 11.5 Å². The number of rotatable bonds is 11. The number of fused-ring (bicyclic) bond motifs is 1. The van der Waals surface area contributed by atoms with Crippen molar-refractivity contribution in [1.29, 1.82) is 0 Å². The Labute approximate surface area is 223 Å². The van der Waals surface area contributed by atoms with Crippen LogP contribution in [0.3, 0.4) is 0 Å². The van der Waals surface area contributed by atoms with Crippen LogP contribution in [0.15, 0.2) is 42.5 Å². The van der Waals surface area contributed by atoms with Crippen LogP contribution in [-0.4, -0.2) is 63.2 Å². The molecule has 1 N–H and O–H groups in total. The number of amides is 2. The van der Waals surface area contributed by atoms with Gasteiger partial charge in [0.2, 0.25) is 21.8 Å². The summed E-state index contributed by atoms with van der Waals surface area (Å²) in [5.41, 5.74) is 1.22. The van der Waals surface area contributed by atoms with Gasteiger partial charge < -0.3 is 19.7 Å². The molecule has 202 valence electrons. The van der Waals surface area contributed by atoms with Gasteiger partial charge in [-0.05, 0) is 57.0 Å². The van der Waals surface area contributed by atoms with Crippen LogP contribution < -0.4 is 19.1 Å². The van der Waals surface area contributed by atoms with Crippen molar-refractivity contribution < 1.29 is 27.5 Å². The molecular formula is C26H34ClN3O6S. The van der Waals surface area contributed by atoms with Crippen LogP contribution in [0.2, 0.25) is 5.02 Å². The molecule has 2 aromatic rings. The maximum Gasteiger partial charge on any atom is 0.242 e. The van der Waals surface area contributed by atoms with Gasteiger partial charge in [-0.3, -0.25) is 13.9 Å². The van der Waals surface area contributed by atoms with E-state index in [4.69, 9.17) is 21.1 Å². The third-order valence-corrected chi connectivity index (χ3v) is 7.24. The fourth-order valence-corrected chi connectivity index (χ4v) is 5.18. The number of nitrogens with one attached hydrogen (secondary N) is 1. The molecule has 0 aliphatic carbocycles. The third kappa shape index (κ3) is 8.00. The Hall–Kier alpha value is -2.98. The van der Waals surface area contributed by atoms with E-state index in [1.807, 2.05) is 19.9 Å². The van der Waals surface area contributed by atoms with E-state index in [1.54, 1.807) is 43.3 Å². The lowest BCUT2D eigenvalue weighted by atomic mass is 10.1. The van der Waals surface area contributed by atoms with Gasteiger partial charge in [0.1, 0.15) is 19.3 Å². The quantitative estimate of drug-likeness (QED) is 0.457. The summed E-state index contributed by atoms with van der Waals surface area (Å²) in [6.45, 7) is 6.49. The normalized spacial score (nSPS) is 13.7. The first-order valence-electron chi connectivity index (χ1n) is 12.2. The minimum absolute atomic E-state index is 0.0520. The van der Waals surface area contributed by atoms with Crippen molar-refractivity contribution in [3.05, 3.63) is 53.1 Å². The maximum absolute atomic E-state index is 13.3. The highest BCUT2D eigenvalue weighted by molar-refractivity contribution is 7.92. The molecule has 0 unspecified atom stereocenters. The van der Waals surface area contributed by atoms with Crippen molar-refractivity contribution >= 4 is 39.1 Å². The molecule has 1 heterocycles. The van der Waals surface area contributed by atoms with Crippen LogP contribution in [0.4, 0.5) is 5.69 Å². The van der Waals surface area contributed by atoms with Crippen LogP contribution >= 0.6 is 11.6 Å². The molecule has 11 heteroatoms. The van der Waals surface area contributed by atoms with E-state index in [0.717, 1.165) is 11.8 Å². The van der Waals surface area contributed by atoms with Gasteiger partial charge in [0, 0.05) is 36.6 Å². The van der Waals surface area contributed by atoms with Gasteiger partial charge >= 0.3 is 0 Å². The Morgan fingerprint density at radius 2 is 1.76 bits per heavy atom. The Bertz CT molecular complexity index is 1220. The summed E-state index contributed by atoms with van der Waals surface area (Å²) in [4.78, 5) is 27.6. The molecule has 3 rings (SSSR count). The summed E-state index contributed by atoms with van der Waals surface area (Å²) in [6, 6.07) is 11.3. The van der Waals surface area contributed by atoms with Gasteiger partial charge in [-0.1, -0.05) is 23.7 Å². The average molecular weight is 552 g/mol. The standard InChI is InChI=1S/C26H34ClN3O6S/c1-18(2)28-26(32)19(3)29(17-20-7-5-8-21(27)15-20)25(31)9-6-12-30(37(4,33)34)22-10-11-23-24(16-22)36-14-13-35-23/h5,7-8,10-11,15-16,18-19H,6,9,12-14,17H2,1-4H3,(H,28,32)/t19-/m0/s1. The predicted molar refractivity (Wildman–Crippen MR) is 144 cm³/mol. The molecule has 1 atom stereocenters. The number of sulfonamides is 1. The Balaban J connectivity index is 1.74. The van der Waals surface area contributed by atoms with Crippen LogP contribution in [-0.2, 0) is 26.2 Å². The van der Waals surface area contributed by atoms with Crippen molar-refractivity contribution in [3.63, 3.8) is 0 Å². The van der Waals surface area contributed by atoms with E-state index in [0.29, 0.717) is 35.4 Å². The number of carbonyl (C=O) groups excluding carboxylic acids is 2. The first kappa shape index (κ1) is 28.6. The second kappa shape index (κ2) is 12.5. The van der Waals surface area contributed by atoms with Crippen molar-refractivity contribution in [2.24, 2.45) is 0 Å². The number of benzene rings is 2. The summed E-state index contributed by atoms with van der Waals surface area (Å²) in [6.07, 6.45) is 1.43. The summed E-state index contributed by atoms with van der Waals surface area (Å²) < 4.78 is 37.5. The Morgan fingerprint density at radius 3 is 2.41 bits per heavy atom. The van der Waals surface area contributed by atoms with E-state index < -0.39 is 16.1 Å². The van der Waals surface area contributed by atoms with E-state index in [9.17, 15) is 18.0 Å². The summed E-state index contributed by atoms with van der Waals surface area (Å²) in [5.74, 6) is 0.511. The van der Waals surface area contributed by atoms with E-state index in [1.165, 1.54) is 9.21 Å².